The molecule has 116 valence electrons. The normalized spacial score (nSPS) is 18.0. The van der Waals surface area contributed by atoms with E-state index in [9.17, 15) is 4.79 Å². The van der Waals surface area contributed by atoms with Crippen LogP contribution in [0.15, 0.2) is 18.2 Å². The second-order valence-electron chi connectivity index (χ2n) is 6.40. The van der Waals surface area contributed by atoms with Crippen LogP contribution in [0, 0.1) is 0 Å². The van der Waals surface area contributed by atoms with E-state index in [1.165, 1.54) is 5.56 Å². The Kier molecular flexibility index (Phi) is 4.88. The first-order valence-electron chi connectivity index (χ1n) is 7.74. The topological polar surface area (TPSA) is 64.3 Å². The molecule has 0 fully saturated rings. The van der Waals surface area contributed by atoms with Gasteiger partial charge in [-0.2, -0.15) is 0 Å². The number of fused-ring (bicyclic) bond motifs is 1. The Balaban J connectivity index is 2.01. The molecule has 1 unspecified atom stereocenters. The minimum atomic E-state index is -0.196. The summed E-state index contributed by atoms with van der Waals surface area (Å²) in [6, 6.07) is 6.03. The van der Waals surface area contributed by atoms with Gasteiger partial charge in [-0.3, -0.25) is 4.79 Å². The van der Waals surface area contributed by atoms with E-state index >= 15 is 0 Å². The number of ether oxygens (including phenoxy) is 1. The van der Waals surface area contributed by atoms with Crippen LogP contribution in [0.25, 0.3) is 0 Å². The Bertz CT molecular complexity index is 512. The van der Waals surface area contributed by atoms with E-state index in [1.807, 2.05) is 26.0 Å². The first-order valence-corrected chi connectivity index (χ1v) is 7.74. The van der Waals surface area contributed by atoms with Crippen LogP contribution in [0.5, 0.6) is 5.75 Å². The molecule has 0 spiro atoms. The zero-order chi connectivity index (χ0) is 15.5. The van der Waals surface area contributed by atoms with Gasteiger partial charge in [0.1, 0.15) is 5.75 Å². The molecule has 2 rings (SSSR count). The van der Waals surface area contributed by atoms with E-state index in [-0.39, 0.29) is 24.1 Å². The maximum Gasteiger partial charge on any atom is 0.258 e. The molecule has 0 saturated heterocycles. The third-order valence-electron chi connectivity index (χ3n) is 4.23. The molecule has 21 heavy (non-hydrogen) atoms. The number of carbonyl (C=O) groups is 1. The van der Waals surface area contributed by atoms with Crippen molar-refractivity contribution in [3.63, 3.8) is 0 Å². The molecule has 4 nitrogen and oxygen atoms in total. The molecule has 1 atom stereocenters. The fraction of sp³-hybridized carbons (Fsp3) is 0.588. The lowest BCUT2D eigenvalue weighted by Gasteiger charge is -2.26. The highest BCUT2D eigenvalue weighted by Gasteiger charge is 2.21. The van der Waals surface area contributed by atoms with Gasteiger partial charge in [-0.1, -0.05) is 19.1 Å². The maximum absolute atomic E-state index is 12.0. The largest absolute Gasteiger partial charge is 0.483 e. The number of amides is 1. The van der Waals surface area contributed by atoms with Crippen LogP contribution in [0.1, 0.15) is 57.2 Å². The van der Waals surface area contributed by atoms with Gasteiger partial charge in [0.05, 0.1) is 0 Å². The molecule has 1 aliphatic carbocycles. The van der Waals surface area contributed by atoms with Crippen LogP contribution >= 0.6 is 0 Å². The van der Waals surface area contributed by atoms with Crippen LogP contribution in [0.2, 0.25) is 0 Å². The van der Waals surface area contributed by atoms with Crippen LogP contribution in [0.4, 0.5) is 0 Å². The summed E-state index contributed by atoms with van der Waals surface area (Å²) in [7, 11) is 0. The number of nitrogens with one attached hydrogen (secondary N) is 1. The third kappa shape index (κ3) is 3.97. The van der Waals surface area contributed by atoms with E-state index < -0.39 is 0 Å². The fourth-order valence-corrected chi connectivity index (χ4v) is 2.63. The van der Waals surface area contributed by atoms with Crippen molar-refractivity contribution in [3.05, 3.63) is 29.3 Å². The quantitative estimate of drug-likeness (QED) is 0.876. The van der Waals surface area contributed by atoms with E-state index in [0.717, 1.165) is 37.0 Å². The van der Waals surface area contributed by atoms with Crippen LogP contribution < -0.4 is 15.8 Å². The predicted octanol–water partition coefficient (Wildman–Crippen LogP) is 2.71. The van der Waals surface area contributed by atoms with Crippen LogP contribution in [-0.4, -0.2) is 18.1 Å². The standard InChI is InChI=1S/C17H26N2O2/c1-4-17(2,3)19-16(20)11-21-15-10-6-7-12-13(15)8-5-9-14(12)18/h6-7,10,14H,4-5,8-9,11,18H2,1-3H3,(H,19,20). The molecule has 0 heterocycles. The fourth-order valence-electron chi connectivity index (χ4n) is 2.63. The maximum atomic E-state index is 12.0. The highest BCUT2D eigenvalue weighted by Crippen LogP contribution is 2.33. The predicted molar refractivity (Wildman–Crippen MR) is 84.3 cm³/mol. The summed E-state index contributed by atoms with van der Waals surface area (Å²) < 4.78 is 5.74. The molecule has 4 heteroatoms. The van der Waals surface area contributed by atoms with Crippen molar-refractivity contribution in [3.8, 4) is 5.75 Å². The summed E-state index contributed by atoms with van der Waals surface area (Å²) >= 11 is 0. The number of carbonyl (C=O) groups excluding carboxylic acids is 1. The van der Waals surface area contributed by atoms with E-state index in [4.69, 9.17) is 10.5 Å². The summed E-state index contributed by atoms with van der Waals surface area (Å²) in [6.07, 6.45) is 3.95. The van der Waals surface area contributed by atoms with Gasteiger partial charge >= 0.3 is 0 Å². The molecule has 0 aromatic heterocycles. The third-order valence-corrected chi connectivity index (χ3v) is 4.23. The summed E-state index contributed by atoms with van der Waals surface area (Å²) in [6.45, 7) is 6.12. The lowest BCUT2D eigenvalue weighted by atomic mass is 9.87. The summed E-state index contributed by atoms with van der Waals surface area (Å²) in [4.78, 5) is 12.0. The van der Waals surface area contributed by atoms with Crippen molar-refractivity contribution in [1.29, 1.82) is 0 Å². The van der Waals surface area contributed by atoms with Crippen LogP contribution in [0.3, 0.4) is 0 Å². The number of benzene rings is 1. The Hall–Kier alpha value is -1.55. The van der Waals surface area contributed by atoms with Crippen molar-refractivity contribution in [2.45, 2.75) is 58.0 Å². The zero-order valence-corrected chi connectivity index (χ0v) is 13.2. The molecular weight excluding hydrogens is 264 g/mol. The first-order chi connectivity index (χ1) is 9.93. The Morgan fingerprint density at radius 3 is 2.95 bits per heavy atom. The highest BCUT2D eigenvalue weighted by molar-refractivity contribution is 5.78. The van der Waals surface area contributed by atoms with Gasteiger partial charge < -0.3 is 15.8 Å². The van der Waals surface area contributed by atoms with Crippen molar-refractivity contribution < 1.29 is 9.53 Å². The van der Waals surface area contributed by atoms with Crippen molar-refractivity contribution in [1.82, 2.24) is 5.32 Å². The Morgan fingerprint density at radius 1 is 1.48 bits per heavy atom. The lowest BCUT2D eigenvalue weighted by Crippen LogP contribution is -2.45. The number of hydrogen-bond acceptors (Lipinski definition) is 3. The molecule has 1 aromatic rings. The van der Waals surface area contributed by atoms with Gasteiger partial charge in [0.25, 0.3) is 5.91 Å². The second-order valence-corrected chi connectivity index (χ2v) is 6.40. The monoisotopic (exact) mass is 290 g/mol. The SMILES string of the molecule is CCC(C)(C)NC(=O)COc1cccc2c1CCCC2N. The van der Waals surface area contributed by atoms with E-state index in [2.05, 4.69) is 18.3 Å². The van der Waals surface area contributed by atoms with Gasteiger partial charge in [0.15, 0.2) is 6.61 Å². The van der Waals surface area contributed by atoms with Crippen molar-refractivity contribution >= 4 is 5.91 Å². The minimum Gasteiger partial charge on any atom is -0.483 e. The molecule has 0 aliphatic heterocycles. The molecule has 3 N–H and O–H groups in total. The average Bonchev–Trinajstić information content (AvgIpc) is 2.45. The lowest BCUT2D eigenvalue weighted by molar-refractivity contribution is -0.124. The van der Waals surface area contributed by atoms with Crippen molar-refractivity contribution in [2.75, 3.05) is 6.61 Å². The molecular formula is C17H26N2O2. The van der Waals surface area contributed by atoms with Crippen molar-refractivity contribution in [2.24, 2.45) is 5.73 Å². The summed E-state index contributed by atoms with van der Waals surface area (Å²) in [5.74, 6) is 0.715. The summed E-state index contributed by atoms with van der Waals surface area (Å²) in [5.41, 5.74) is 8.27. The average molecular weight is 290 g/mol. The number of nitrogens with two attached hydrogens (primary N) is 1. The van der Waals surface area contributed by atoms with E-state index in [1.54, 1.807) is 0 Å². The molecule has 0 bridgehead atoms. The number of rotatable bonds is 5. The second kappa shape index (κ2) is 6.48. The smallest absolute Gasteiger partial charge is 0.258 e. The van der Waals surface area contributed by atoms with Crippen LogP contribution in [-0.2, 0) is 11.2 Å². The molecule has 1 amide bonds. The van der Waals surface area contributed by atoms with Gasteiger partial charge in [0.2, 0.25) is 0 Å². The van der Waals surface area contributed by atoms with Gasteiger partial charge in [0, 0.05) is 11.6 Å². The Labute approximate surface area is 127 Å². The van der Waals surface area contributed by atoms with Gasteiger partial charge in [-0.05, 0) is 56.7 Å². The highest BCUT2D eigenvalue weighted by atomic mass is 16.5. The van der Waals surface area contributed by atoms with Gasteiger partial charge in [-0.25, -0.2) is 0 Å². The number of hydrogen-bond donors (Lipinski definition) is 2. The van der Waals surface area contributed by atoms with Gasteiger partial charge in [-0.15, -0.1) is 0 Å². The minimum absolute atomic E-state index is 0.0507. The zero-order valence-electron chi connectivity index (χ0n) is 13.2. The van der Waals surface area contributed by atoms with E-state index in [0.29, 0.717) is 0 Å². The molecule has 0 saturated carbocycles. The molecule has 0 radical (unpaired) electrons. The summed E-state index contributed by atoms with van der Waals surface area (Å²) in [5, 5.41) is 2.98. The first kappa shape index (κ1) is 15.8. The molecule has 1 aliphatic rings. The molecule has 1 aromatic carbocycles. The Morgan fingerprint density at radius 2 is 2.24 bits per heavy atom.